The Bertz CT molecular complexity index is 563. The molecule has 0 aliphatic rings. The number of halogens is 1. The molecule has 0 aliphatic carbocycles. The molecule has 0 radical (unpaired) electrons. The molecular weight excluding hydrogens is 331 g/mol. The minimum Gasteiger partial charge on any atom is -0.380 e. The molecule has 1 heterocycles. The lowest BCUT2D eigenvalue weighted by molar-refractivity contribution is 0.185. The minimum absolute atomic E-state index is 0.114. The first-order valence-corrected chi connectivity index (χ1v) is 6.11. The summed E-state index contributed by atoms with van der Waals surface area (Å²) < 4.78 is 5.62. The fourth-order valence-electron chi connectivity index (χ4n) is 1.45. The molecule has 0 saturated heterocycles. The fraction of sp³-hybridized carbons (Fsp3) is 0.167. The third-order valence-electron chi connectivity index (χ3n) is 2.29. The third-order valence-corrected chi connectivity index (χ3v) is 3.06. The smallest absolute Gasteiger partial charge is 0.264 e. The number of nitrogens with one attached hydrogen (secondary N) is 1. The number of nitrogens with zero attached hydrogens (tertiary/aromatic N) is 1. The van der Waals surface area contributed by atoms with Gasteiger partial charge in [0.15, 0.2) is 0 Å². The van der Waals surface area contributed by atoms with E-state index in [0.29, 0.717) is 16.0 Å². The van der Waals surface area contributed by atoms with E-state index in [1.54, 1.807) is 13.3 Å². The highest BCUT2D eigenvalue weighted by Gasteiger charge is 2.02. The van der Waals surface area contributed by atoms with E-state index in [2.05, 4.69) is 9.97 Å². The van der Waals surface area contributed by atoms with Crippen molar-refractivity contribution >= 4 is 22.6 Å². The van der Waals surface area contributed by atoms with E-state index in [1.165, 1.54) is 0 Å². The largest absolute Gasteiger partial charge is 0.380 e. The van der Waals surface area contributed by atoms with Crippen LogP contribution in [0.15, 0.2) is 35.3 Å². The van der Waals surface area contributed by atoms with Crippen LogP contribution in [-0.4, -0.2) is 17.1 Å². The van der Waals surface area contributed by atoms with Gasteiger partial charge in [-0.3, -0.25) is 4.79 Å². The zero-order chi connectivity index (χ0) is 12.3. The minimum atomic E-state index is -0.114. The van der Waals surface area contributed by atoms with Crippen LogP contribution in [-0.2, 0) is 11.3 Å². The first-order chi connectivity index (χ1) is 8.20. The molecule has 4 nitrogen and oxygen atoms in total. The average Bonchev–Trinajstić information content (AvgIpc) is 2.34. The van der Waals surface area contributed by atoms with Gasteiger partial charge in [-0.2, -0.15) is 0 Å². The van der Waals surface area contributed by atoms with Crippen LogP contribution >= 0.6 is 22.6 Å². The van der Waals surface area contributed by atoms with Gasteiger partial charge in [-0.1, -0.05) is 24.3 Å². The first-order valence-electron chi connectivity index (χ1n) is 5.04. The predicted octanol–water partition coefficient (Wildman–Crippen LogP) is 2.19. The number of aromatic nitrogens is 2. The Morgan fingerprint density at radius 1 is 1.35 bits per heavy atom. The maximum Gasteiger partial charge on any atom is 0.264 e. The van der Waals surface area contributed by atoms with Crippen molar-refractivity contribution in [3.8, 4) is 11.4 Å². The van der Waals surface area contributed by atoms with Crippen molar-refractivity contribution in [2.24, 2.45) is 0 Å². The lowest BCUT2D eigenvalue weighted by atomic mass is 10.1. The molecule has 5 heteroatoms. The van der Waals surface area contributed by atoms with Crippen LogP contribution in [0, 0.1) is 3.57 Å². The van der Waals surface area contributed by atoms with E-state index in [9.17, 15) is 4.79 Å². The molecule has 0 amide bonds. The van der Waals surface area contributed by atoms with Crippen molar-refractivity contribution in [3.63, 3.8) is 0 Å². The molecule has 1 aromatic heterocycles. The molecule has 1 aromatic carbocycles. The van der Waals surface area contributed by atoms with Crippen LogP contribution in [0.1, 0.15) is 5.56 Å². The number of rotatable bonds is 3. The second-order valence-corrected chi connectivity index (χ2v) is 4.70. The summed E-state index contributed by atoms with van der Waals surface area (Å²) in [5.41, 5.74) is 1.86. The van der Waals surface area contributed by atoms with Crippen molar-refractivity contribution in [1.29, 1.82) is 0 Å². The summed E-state index contributed by atoms with van der Waals surface area (Å²) in [7, 11) is 1.66. The second-order valence-electron chi connectivity index (χ2n) is 3.54. The first kappa shape index (κ1) is 12.3. The van der Waals surface area contributed by atoms with Crippen molar-refractivity contribution < 1.29 is 4.74 Å². The lowest BCUT2D eigenvalue weighted by Crippen LogP contribution is -2.11. The summed E-state index contributed by atoms with van der Waals surface area (Å²) in [6.07, 6.45) is 1.57. The normalized spacial score (nSPS) is 10.5. The third kappa shape index (κ3) is 2.92. The van der Waals surface area contributed by atoms with E-state index in [4.69, 9.17) is 4.74 Å². The molecule has 0 fully saturated rings. The Morgan fingerprint density at radius 3 is 2.65 bits per heavy atom. The molecule has 0 saturated carbocycles. The van der Waals surface area contributed by atoms with Crippen molar-refractivity contribution in [3.05, 3.63) is 49.9 Å². The van der Waals surface area contributed by atoms with E-state index < -0.39 is 0 Å². The summed E-state index contributed by atoms with van der Waals surface area (Å²) >= 11 is 1.95. The monoisotopic (exact) mass is 342 g/mol. The lowest BCUT2D eigenvalue weighted by Gasteiger charge is -2.03. The summed E-state index contributed by atoms with van der Waals surface area (Å²) in [6.45, 7) is 0.580. The van der Waals surface area contributed by atoms with Gasteiger partial charge in [0.25, 0.3) is 5.56 Å². The number of benzene rings is 1. The summed E-state index contributed by atoms with van der Waals surface area (Å²) in [5.74, 6) is 0.583. The highest BCUT2D eigenvalue weighted by Crippen LogP contribution is 2.14. The molecule has 0 spiro atoms. The van der Waals surface area contributed by atoms with Gasteiger partial charge in [-0.25, -0.2) is 4.98 Å². The van der Waals surface area contributed by atoms with Crippen LogP contribution in [0.3, 0.4) is 0 Å². The maximum atomic E-state index is 11.5. The Hall–Kier alpha value is -1.21. The molecule has 0 aliphatic heterocycles. The van der Waals surface area contributed by atoms with E-state index in [-0.39, 0.29) is 5.56 Å². The summed E-state index contributed by atoms with van der Waals surface area (Å²) in [6, 6.07) is 7.74. The number of methoxy groups -OCH3 is 1. The highest BCUT2D eigenvalue weighted by atomic mass is 127. The molecule has 0 atom stereocenters. The van der Waals surface area contributed by atoms with E-state index in [1.807, 2.05) is 46.9 Å². The van der Waals surface area contributed by atoms with Gasteiger partial charge in [-0.05, 0) is 28.2 Å². The van der Waals surface area contributed by atoms with E-state index >= 15 is 0 Å². The number of aromatic amines is 1. The Morgan fingerprint density at radius 2 is 2.06 bits per heavy atom. The zero-order valence-electron chi connectivity index (χ0n) is 9.24. The molecule has 0 unspecified atom stereocenters. The fourth-order valence-corrected chi connectivity index (χ4v) is 1.73. The van der Waals surface area contributed by atoms with Crippen molar-refractivity contribution in [2.45, 2.75) is 6.61 Å². The van der Waals surface area contributed by atoms with Gasteiger partial charge in [0.1, 0.15) is 5.82 Å². The van der Waals surface area contributed by atoms with Gasteiger partial charge in [0.05, 0.1) is 10.2 Å². The molecule has 0 bridgehead atoms. The molecule has 2 rings (SSSR count). The van der Waals surface area contributed by atoms with Gasteiger partial charge >= 0.3 is 0 Å². The molecule has 88 valence electrons. The van der Waals surface area contributed by atoms with Crippen LogP contribution in [0.5, 0.6) is 0 Å². The Kier molecular flexibility index (Phi) is 3.90. The molecule has 2 aromatic rings. The Labute approximate surface area is 112 Å². The summed E-state index contributed by atoms with van der Waals surface area (Å²) in [4.78, 5) is 18.4. The molecule has 17 heavy (non-hydrogen) atoms. The number of hydrogen-bond acceptors (Lipinski definition) is 3. The quantitative estimate of drug-likeness (QED) is 0.870. The average molecular weight is 342 g/mol. The van der Waals surface area contributed by atoms with Crippen LogP contribution in [0.25, 0.3) is 11.4 Å². The van der Waals surface area contributed by atoms with Gasteiger partial charge < -0.3 is 9.72 Å². The van der Waals surface area contributed by atoms with Crippen LogP contribution in [0.2, 0.25) is 0 Å². The number of H-pyrrole nitrogens is 1. The number of ether oxygens (including phenoxy) is 1. The summed E-state index contributed by atoms with van der Waals surface area (Å²) in [5, 5.41) is 0. The second kappa shape index (κ2) is 5.42. The number of hydrogen-bond donors (Lipinski definition) is 1. The topological polar surface area (TPSA) is 55.0 Å². The molecule has 1 N–H and O–H groups in total. The predicted molar refractivity (Wildman–Crippen MR) is 73.7 cm³/mol. The standard InChI is InChI=1S/C12H11IN2O2/c1-17-7-8-2-4-9(5-3-8)11-14-6-10(13)12(16)15-11/h2-6H,7H2,1H3,(H,14,15,16). The highest BCUT2D eigenvalue weighted by molar-refractivity contribution is 14.1. The van der Waals surface area contributed by atoms with Crippen LogP contribution < -0.4 is 5.56 Å². The maximum absolute atomic E-state index is 11.5. The van der Waals surface area contributed by atoms with Gasteiger partial charge in [0.2, 0.25) is 0 Å². The molecular formula is C12H11IN2O2. The Balaban J connectivity index is 2.33. The SMILES string of the molecule is COCc1ccc(-c2ncc(I)c(=O)[nH]2)cc1. The van der Waals surface area contributed by atoms with Gasteiger partial charge in [-0.15, -0.1) is 0 Å². The van der Waals surface area contributed by atoms with Crippen molar-refractivity contribution in [2.75, 3.05) is 7.11 Å². The van der Waals surface area contributed by atoms with Gasteiger partial charge in [0, 0.05) is 18.9 Å². The van der Waals surface area contributed by atoms with E-state index in [0.717, 1.165) is 11.1 Å². The van der Waals surface area contributed by atoms with Crippen LogP contribution in [0.4, 0.5) is 0 Å². The van der Waals surface area contributed by atoms with Crippen molar-refractivity contribution in [1.82, 2.24) is 9.97 Å². The zero-order valence-corrected chi connectivity index (χ0v) is 11.4.